The minimum atomic E-state index is -1.40. The van der Waals surface area contributed by atoms with Crippen molar-refractivity contribution in [3.05, 3.63) is 100 Å². The molecule has 38 heavy (non-hydrogen) atoms. The van der Waals surface area contributed by atoms with Crippen LogP contribution >= 0.6 is 11.6 Å². The summed E-state index contributed by atoms with van der Waals surface area (Å²) >= 11 is 6.58. The maximum atomic E-state index is 13.7. The molecule has 7 heteroatoms. The monoisotopic (exact) mass is 540 g/mol. The van der Waals surface area contributed by atoms with Crippen LogP contribution in [0.15, 0.2) is 72.8 Å². The minimum Gasteiger partial charge on any atom is -0.490 e. The molecule has 1 saturated heterocycles. The summed E-state index contributed by atoms with van der Waals surface area (Å²) in [6.07, 6.45) is 1.35. The molecule has 0 spiro atoms. The number of alkyl halides is 1. The maximum Gasteiger partial charge on any atom is 0.197 e. The quantitative estimate of drug-likeness (QED) is 0.250. The first-order chi connectivity index (χ1) is 18.2. The molecule has 3 aromatic rings. The molecule has 1 aliphatic rings. The van der Waals surface area contributed by atoms with Crippen molar-refractivity contribution in [3.63, 3.8) is 0 Å². The third-order valence-electron chi connectivity index (χ3n) is 6.53. The fraction of sp³-hybridized carbons (Fsp3) is 0.387. The van der Waals surface area contributed by atoms with Gasteiger partial charge in [0.25, 0.3) is 0 Å². The maximum absolute atomic E-state index is 13.7. The molecule has 0 aromatic heterocycles. The average molecular weight is 541 g/mol. The summed E-state index contributed by atoms with van der Waals surface area (Å²) in [5.41, 5.74) is 2.33. The van der Waals surface area contributed by atoms with Crippen LogP contribution in [0.4, 0.5) is 4.39 Å². The van der Waals surface area contributed by atoms with E-state index in [1.54, 1.807) is 7.11 Å². The van der Waals surface area contributed by atoms with E-state index in [4.69, 9.17) is 30.5 Å². The molecule has 1 unspecified atom stereocenters. The van der Waals surface area contributed by atoms with E-state index < -0.39 is 17.6 Å². The van der Waals surface area contributed by atoms with E-state index in [0.29, 0.717) is 36.6 Å². The third kappa shape index (κ3) is 7.41. The standard InChI is InChI=1S/C31H34ClFO5/c1-30(2,33)21-37-26-12-9-22(10-13-26)15-24-16-25(11-14-29(24)32)31(35-3)18-27(17-28(19-34)38-31)36-20-23-7-5-4-6-8-23/h4-14,16,19,27-28H,15,17-18,20-21H2,1-3H3/t27?,28-,31+/m0/s1. The van der Waals surface area contributed by atoms with Gasteiger partial charge in [0.15, 0.2) is 5.79 Å². The molecular weight excluding hydrogens is 507 g/mol. The van der Waals surface area contributed by atoms with Gasteiger partial charge >= 0.3 is 0 Å². The van der Waals surface area contributed by atoms with Crippen molar-refractivity contribution in [2.24, 2.45) is 0 Å². The summed E-state index contributed by atoms with van der Waals surface area (Å²) in [7, 11) is 1.58. The number of rotatable bonds is 11. The van der Waals surface area contributed by atoms with Gasteiger partial charge in [0.2, 0.25) is 0 Å². The van der Waals surface area contributed by atoms with Gasteiger partial charge in [-0.2, -0.15) is 0 Å². The van der Waals surface area contributed by atoms with Gasteiger partial charge in [-0.1, -0.05) is 60.1 Å². The number of aldehydes is 1. The smallest absolute Gasteiger partial charge is 0.197 e. The first-order valence-corrected chi connectivity index (χ1v) is 13.1. The predicted molar refractivity (Wildman–Crippen MR) is 145 cm³/mol. The van der Waals surface area contributed by atoms with Gasteiger partial charge in [0.1, 0.15) is 30.4 Å². The summed E-state index contributed by atoms with van der Waals surface area (Å²) in [5, 5.41) is 0.610. The lowest BCUT2D eigenvalue weighted by Crippen LogP contribution is -2.46. The molecule has 0 bridgehead atoms. The van der Waals surface area contributed by atoms with E-state index in [0.717, 1.165) is 28.5 Å². The molecule has 3 atom stereocenters. The van der Waals surface area contributed by atoms with Crippen molar-refractivity contribution in [3.8, 4) is 5.75 Å². The van der Waals surface area contributed by atoms with Crippen LogP contribution in [0.1, 0.15) is 48.9 Å². The van der Waals surface area contributed by atoms with Gasteiger partial charge in [-0.15, -0.1) is 0 Å². The van der Waals surface area contributed by atoms with E-state index in [9.17, 15) is 9.18 Å². The number of ether oxygens (including phenoxy) is 4. The van der Waals surface area contributed by atoms with Crippen molar-refractivity contribution in [2.75, 3.05) is 13.7 Å². The van der Waals surface area contributed by atoms with Gasteiger partial charge in [-0.25, -0.2) is 4.39 Å². The van der Waals surface area contributed by atoms with Crippen LogP contribution in [0.5, 0.6) is 5.75 Å². The number of benzene rings is 3. The lowest BCUT2D eigenvalue weighted by atomic mass is 9.90. The SMILES string of the molecule is CO[C@]1(c2ccc(Cl)c(Cc3ccc(OCC(C)(C)F)cc3)c2)CC(OCc2ccccc2)C[C@@H](C=O)O1. The summed E-state index contributed by atoms with van der Waals surface area (Å²) < 4.78 is 37.6. The van der Waals surface area contributed by atoms with E-state index in [2.05, 4.69) is 0 Å². The zero-order valence-electron chi connectivity index (χ0n) is 22.0. The second-order valence-corrected chi connectivity index (χ2v) is 10.6. The van der Waals surface area contributed by atoms with E-state index in [1.165, 1.54) is 13.8 Å². The third-order valence-corrected chi connectivity index (χ3v) is 6.90. The molecule has 0 aliphatic carbocycles. The Kier molecular flexibility index (Phi) is 9.21. The number of halogens is 2. The van der Waals surface area contributed by atoms with Crippen LogP contribution in [0.25, 0.3) is 0 Å². The van der Waals surface area contributed by atoms with Gasteiger partial charge in [-0.05, 0) is 61.2 Å². The Hall–Kier alpha value is -2.77. The molecule has 1 heterocycles. The molecule has 0 N–H and O–H groups in total. The zero-order chi connectivity index (χ0) is 27.2. The predicted octanol–water partition coefficient (Wildman–Crippen LogP) is 6.82. The van der Waals surface area contributed by atoms with E-state index in [-0.39, 0.29) is 12.7 Å². The van der Waals surface area contributed by atoms with Crippen LogP contribution in [-0.4, -0.2) is 37.9 Å². The number of carbonyl (C=O) groups excluding carboxylic acids is 1. The van der Waals surface area contributed by atoms with Gasteiger partial charge in [0.05, 0.1) is 12.7 Å². The second-order valence-electron chi connectivity index (χ2n) is 10.2. The Balaban J connectivity index is 1.51. The van der Waals surface area contributed by atoms with Crippen LogP contribution in [-0.2, 0) is 37.8 Å². The lowest BCUT2D eigenvalue weighted by molar-refractivity contribution is -0.291. The molecule has 5 nitrogen and oxygen atoms in total. The second kappa shape index (κ2) is 12.4. The fourth-order valence-electron chi connectivity index (χ4n) is 4.54. The summed E-state index contributed by atoms with van der Waals surface area (Å²) in [4.78, 5) is 11.8. The van der Waals surface area contributed by atoms with Crippen LogP contribution in [0.3, 0.4) is 0 Å². The van der Waals surface area contributed by atoms with Gasteiger partial charge in [0, 0.05) is 30.5 Å². The van der Waals surface area contributed by atoms with Crippen LogP contribution < -0.4 is 4.74 Å². The molecule has 202 valence electrons. The Labute approximate surface area is 228 Å². The van der Waals surface area contributed by atoms with E-state index >= 15 is 0 Å². The number of hydrogen-bond acceptors (Lipinski definition) is 5. The Morgan fingerprint density at radius 1 is 1.08 bits per heavy atom. The normalized spacial score (nSPS) is 21.7. The number of hydrogen-bond donors (Lipinski definition) is 0. The first kappa shape index (κ1) is 28.2. The Morgan fingerprint density at radius 2 is 1.82 bits per heavy atom. The highest BCUT2D eigenvalue weighted by molar-refractivity contribution is 6.31. The van der Waals surface area contributed by atoms with Crippen molar-refractivity contribution >= 4 is 17.9 Å². The minimum absolute atomic E-state index is 0.0167. The summed E-state index contributed by atoms with van der Waals surface area (Å²) in [6.45, 7) is 3.38. The molecule has 0 radical (unpaired) electrons. The summed E-state index contributed by atoms with van der Waals surface area (Å²) in [5.74, 6) is -0.545. The Morgan fingerprint density at radius 3 is 2.47 bits per heavy atom. The van der Waals surface area contributed by atoms with Gasteiger partial charge in [-0.3, -0.25) is 0 Å². The molecule has 0 amide bonds. The van der Waals surface area contributed by atoms with Crippen molar-refractivity contribution in [1.82, 2.24) is 0 Å². The van der Waals surface area contributed by atoms with Crippen LogP contribution in [0, 0.1) is 0 Å². The van der Waals surface area contributed by atoms with Gasteiger partial charge < -0.3 is 23.7 Å². The molecule has 1 fully saturated rings. The summed E-state index contributed by atoms with van der Waals surface area (Å²) in [6, 6.07) is 23.1. The largest absolute Gasteiger partial charge is 0.490 e. The first-order valence-electron chi connectivity index (χ1n) is 12.7. The number of methoxy groups -OCH3 is 1. The average Bonchev–Trinajstić information content (AvgIpc) is 2.92. The molecule has 4 rings (SSSR count). The molecule has 1 aliphatic heterocycles. The topological polar surface area (TPSA) is 54.0 Å². The lowest BCUT2D eigenvalue weighted by Gasteiger charge is -2.42. The highest BCUT2D eigenvalue weighted by atomic mass is 35.5. The van der Waals surface area contributed by atoms with Crippen molar-refractivity contribution in [1.29, 1.82) is 0 Å². The van der Waals surface area contributed by atoms with Crippen LogP contribution in [0.2, 0.25) is 5.02 Å². The van der Waals surface area contributed by atoms with E-state index in [1.807, 2.05) is 72.8 Å². The molecular formula is C31H34ClFO5. The highest BCUT2D eigenvalue weighted by Crippen LogP contribution is 2.41. The Bertz CT molecular complexity index is 1200. The molecule has 0 saturated carbocycles. The van der Waals surface area contributed by atoms with Crippen molar-refractivity contribution in [2.45, 2.75) is 63.4 Å². The number of carbonyl (C=O) groups is 1. The zero-order valence-corrected chi connectivity index (χ0v) is 22.7. The highest BCUT2D eigenvalue weighted by Gasteiger charge is 2.44. The van der Waals surface area contributed by atoms with Crippen molar-refractivity contribution < 1.29 is 28.1 Å². The fourth-order valence-corrected chi connectivity index (χ4v) is 4.73. The molecule has 3 aromatic carbocycles.